The van der Waals surface area contributed by atoms with Crippen LogP contribution in [-0.2, 0) is 17.9 Å². The zero-order valence-electron chi connectivity index (χ0n) is 11.8. The summed E-state index contributed by atoms with van der Waals surface area (Å²) in [6, 6.07) is 18.2. The van der Waals surface area contributed by atoms with Gasteiger partial charge in [0.1, 0.15) is 0 Å². The van der Waals surface area contributed by atoms with E-state index in [-0.39, 0.29) is 12.5 Å². The Hall–Kier alpha value is -2.13. The molecular weight excluding hydrogens is 248 g/mol. The second-order valence-corrected chi connectivity index (χ2v) is 4.93. The van der Waals surface area contributed by atoms with Gasteiger partial charge in [0.2, 0.25) is 5.91 Å². The Kier molecular flexibility index (Phi) is 4.91. The number of aryl methyl sites for hydroxylation is 1. The second kappa shape index (κ2) is 6.87. The number of benzene rings is 2. The highest BCUT2D eigenvalue weighted by molar-refractivity contribution is 5.78. The molecule has 0 unspecified atom stereocenters. The molecule has 2 aromatic carbocycles. The van der Waals surface area contributed by atoms with Crippen LogP contribution in [0.25, 0.3) is 0 Å². The number of hydrogen-bond donors (Lipinski definition) is 1. The number of nitrogens with zero attached hydrogens (tertiary/aromatic N) is 1. The monoisotopic (exact) mass is 268 g/mol. The van der Waals surface area contributed by atoms with Crippen LogP contribution < -0.4 is 5.73 Å². The van der Waals surface area contributed by atoms with Crippen LogP contribution in [0, 0.1) is 6.92 Å². The van der Waals surface area contributed by atoms with E-state index < -0.39 is 0 Å². The van der Waals surface area contributed by atoms with Gasteiger partial charge < -0.3 is 10.6 Å². The van der Waals surface area contributed by atoms with Crippen LogP contribution in [-0.4, -0.2) is 17.4 Å². The summed E-state index contributed by atoms with van der Waals surface area (Å²) in [4.78, 5) is 13.8. The van der Waals surface area contributed by atoms with Gasteiger partial charge in [-0.1, -0.05) is 60.2 Å². The summed E-state index contributed by atoms with van der Waals surface area (Å²) in [6.45, 7) is 3.27. The predicted octanol–water partition coefficient (Wildman–Crippen LogP) is 2.48. The SMILES string of the molecule is Cc1cccc(CN(Cc2ccccc2)C(=O)CN)c1. The van der Waals surface area contributed by atoms with E-state index in [0.717, 1.165) is 11.1 Å². The fourth-order valence-corrected chi connectivity index (χ4v) is 2.20. The Morgan fingerprint density at radius 3 is 2.30 bits per heavy atom. The van der Waals surface area contributed by atoms with Crippen molar-refractivity contribution in [3.8, 4) is 0 Å². The molecule has 0 heterocycles. The number of hydrogen-bond acceptors (Lipinski definition) is 2. The lowest BCUT2D eigenvalue weighted by molar-refractivity contribution is -0.130. The summed E-state index contributed by atoms with van der Waals surface area (Å²) in [6.07, 6.45) is 0. The van der Waals surface area contributed by atoms with Crippen molar-refractivity contribution in [2.24, 2.45) is 5.73 Å². The predicted molar refractivity (Wildman–Crippen MR) is 80.9 cm³/mol. The van der Waals surface area contributed by atoms with E-state index in [1.165, 1.54) is 5.56 Å². The fraction of sp³-hybridized carbons (Fsp3) is 0.235. The Morgan fingerprint density at radius 2 is 1.65 bits per heavy atom. The zero-order chi connectivity index (χ0) is 14.4. The molecule has 0 aliphatic rings. The number of rotatable bonds is 5. The lowest BCUT2D eigenvalue weighted by atomic mass is 10.1. The summed E-state index contributed by atoms with van der Waals surface area (Å²) in [5.74, 6) is -0.0321. The first-order valence-corrected chi connectivity index (χ1v) is 6.76. The molecule has 3 heteroatoms. The van der Waals surface area contributed by atoms with Crippen LogP contribution >= 0.6 is 0 Å². The summed E-state index contributed by atoms with van der Waals surface area (Å²) in [5.41, 5.74) is 8.96. The lowest BCUT2D eigenvalue weighted by Gasteiger charge is -2.22. The Labute approximate surface area is 120 Å². The van der Waals surface area contributed by atoms with Crippen molar-refractivity contribution < 1.29 is 4.79 Å². The van der Waals surface area contributed by atoms with Gasteiger partial charge in [-0.05, 0) is 18.1 Å². The molecule has 0 atom stereocenters. The Bertz CT molecular complexity index is 566. The number of carbonyl (C=O) groups excluding carboxylic acids is 1. The quantitative estimate of drug-likeness (QED) is 0.905. The topological polar surface area (TPSA) is 46.3 Å². The molecule has 0 saturated carbocycles. The molecule has 3 nitrogen and oxygen atoms in total. The summed E-state index contributed by atoms with van der Waals surface area (Å²) >= 11 is 0. The first kappa shape index (κ1) is 14.3. The van der Waals surface area contributed by atoms with Crippen molar-refractivity contribution in [1.29, 1.82) is 0 Å². The molecular formula is C17H20N2O. The number of carbonyl (C=O) groups is 1. The summed E-state index contributed by atoms with van der Waals surface area (Å²) in [7, 11) is 0. The third-order valence-corrected chi connectivity index (χ3v) is 3.20. The lowest BCUT2D eigenvalue weighted by Crippen LogP contribution is -2.35. The summed E-state index contributed by atoms with van der Waals surface area (Å²) in [5, 5.41) is 0. The normalized spacial score (nSPS) is 10.3. The van der Waals surface area contributed by atoms with Gasteiger partial charge in [-0.2, -0.15) is 0 Å². The van der Waals surface area contributed by atoms with E-state index in [9.17, 15) is 4.79 Å². The van der Waals surface area contributed by atoms with Gasteiger partial charge in [0, 0.05) is 13.1 Å². The van der Waals surface area contributed by atoms with Crippen LogP contribution in [0.4, 0.5) is 0 Å². The van der Waals surface area contributed by atoms with Gasteiger partial charge in [-0.15, -0.1) is 0 Å². The van der Waals surface area contributed by atoms with Gasteiger partial charge in [0.15, 0.2) is 0 Å². The maximum atomic E-state index is 12.0. The van der Waals surface area contributed by atoms with E-state index in [1.54, 1.807) is 4.90 Å². The highest BCUT2D eigenvalue weighted by Crippen LogP contribution is 2.11. The first-order chi connectivity index (χ1) is 9.69. The number of nitrogens with two attached hydrogens (primary N) is 1. The minimum Gasteiger partial charge on any atom is -0.333 e. The summed E-state index contributed by atoms with van der Waals surface area (Å²) < 4.78 is 0. The van der Waals surface area contributed by atoms with Gasteiger partial charge >= 0.3 is 0 Å². The molecule has 0 spiro atoms. The van der Waals surface area contributed by atoms with Crippen LogP contribution in [0.5, 0.6) is 0 Å². The van der Waals surface area contributed by atoms with E-state index in [4.69, 9.17) is 5.73 Å². The third-order valence-electron chi connectivity index (χ3n) is 3.20. The zero-order valence-corrected chi connectivity index (χ0v) is 11.8. The molecule has 2 rings (SSSR count). The highest BCUT2D eigenvalue weighted by Gasteiger charge is 2.12. The van der Waals surface area contributed by atoms with Gasteiger partial charge in [-0.25, -0.2) is 0 Å². The molecule has 1 amide bonds. The Morgan fingerprint density at radius 1 is 1.00 bits per heavy atom. The fourth-order valence-electron chi connectivity index (χ4n) is 2.20. The maximum Gasteiger partial charge on any atom is 0.236 e. The van der Waals surface area contributed by atoms with E-state index in [0.29, 0.717) is 13.1 Å². The van der Waals surface area contributed by atoms with Gasteiger partial charge in [0.25, 0.3) is 0 Å². The second-order valence-electron chi connectivity index (χ2n) is 4.93. The Balaban J connectivity index is 2.14. The molecule has 0 bridgehead atoms. The molecule has 0 aliphatic heterocycles. The minimum atomic E-state index is -0.0321. The molecule has 0 radical (unpaired) electrons. The van der Waals surface area contributed by atoms with Crippen molar-refractivity contribution in [3.63, 3.8) is 0 Å². The smallest absolute Gasteiger partial charge is 0.236 e. The minimum absolute atomic E-state index is 0.0321. The highest BCUT2D eigenvalue weighted by atomic mass is 16.2. The molecule has 20 heavy (non-hydrogen) atoms. The van der Waals surface area contributed by atoms with Crippen LogP contribution in [0.3, 0.4) is 0 Å². The molecule has 104 valence electrons. The van der Waals surface area contributed by atoms with E-state index in [2.05, 4.69) is 19.1 Å². The third kappa shape index (κ3) is 3.93. The van der Waals surface area contributed by atoms with E-state index in [1.807, 2.05) is 42.5 Å². The van der Waals surface area contributed by atoms with Crippen molar-refractivity contribution in [3.05, 3.63) is 71.3 Å². The average Bonchev–Trinajstić information content (AvgIpc) is 2.47. The molecule has 2 N–H and O–H groups in total. The van der Waals surface area contributed by atoms with Crippen molar-refractivity contribution in [2.75, 3.05) is 6.54 Å². The van der Waals surface area contributed by atoms with Crippen molar-refractivity contribution in [1.82, 2.24) is 4.90 Å². The molecule has 0 aromatic heterocycles. The molecule has 0 fully saturated rings. The van der Waals surface area contributed by atoms with Crippen LogP contribution in [0.2, 0.25) is 0 Å². The standard InChI is InChI=1S/C17H20N2O/c1-14-6-5-9-16(10-14)13-19(17(20)11-18)12-15-7-3-2-4-8-15/h2-10H,11-13,18H2,1H3. The van der Waals surface area contributed by atoms with Gasteiger partial charge in [0.05, 0.1) is 6.54 Å². The van der Waals surface area contributed by atoms with E-state index >= 15 is 0 Å². The molecule has 0 aliphatic carbocycles. The van der Waals surface area contributed by atoms with Crippen molar-refractivity contribution in [2.45, 2.75) is 20.0 Å². The van der Waals surface area contributed by atoms with Gasteiger partial charge in [-0.3, -0.25) is 4.79 Å². The van der Waals surface area contributed by atoms with Crippen LogP contribution in [0.15, 0.2) is 54.6 Å². The maximum absolute atomic E-state index is 12.0. The number of amides is 1. The van der Waals surface area contributed by atoms with Crippen LogP contribution in [0.1, 0.15) is 16.7 Å². The molecule has 2 aromatic rings. The largest absolute Gasteiger partial charge is 0.333 e. The molecule has 0 saturated heterocycles. The van der Waals surface area contributed by atoms with Crippen molar-refractivity contribution >= 4 is 5.91 Å². The average molecular weight is 268 g/mol. The first-order valence-electron chi connectivity index (χ1n) is 6.76.